The fourth-order valence-electron chi connectivity index (χ4n) is 0.652. The van der Waals surface area contributed by atoms with E-state index < -0.39 is 20.6 Å². The third kappa shape index (κ3) is 17.0. The Balaban J connectivity index is 0. The van der Waals surface area contributed by atoms with E-state index in [2.05, 4.69) is 0 Å². The number of rotatable bonds is 7. The van der Waals surface area contributed by atoms with Crippen LogP contribution in [0, 0.1) is 0 Å². The van der Waals surface area contributed by atoms with Crippen molar-refractivity contribution in [2.45, 2.75) is 12.8 Å². The molecule has 4 N–H and O–H groups in total. The average molecular weight is 256 g/mol. The molecule has 0 aliphatic rings. The summed E-state index contributed by atoms with van der Waals surface area (Å²) in [4.78, 5) is 0. The van der Waals surface area contributed by atoms with Crippen LogP contribution in [0.2, 0.25) is 0 Å². The van der Waals surface area contributed by atoms with E-state index in [1.807, 2.05) is 9.44 Å². The minimum absolute atomic E-state index is 0. The van der Waals surface area contributed by atoms with Crippen LogP contribution in [0.4, 0.5) is 0 Å². The fourth-order valence-corrected chi connectivity index (χ4v) is 1.46. The Kier molecular flexibility index (Phi) is 8.96. The quantitative estimate of drug-likeness (QED) is 0.234. The number of nitrogens with one attached hydrogen (secondary N) is 2. The van der Waals surface area contributed by atoms with Gasteiger partial charge in [0, 0.05) is 13.1 Å². The maximum absolute atomic E-state index is 10.1. The third-order valence-electron chi connectivity index (χ3n) is 1.17. The monoisotopic (exact) mass is 256 g/mol. The van der Waals surface area contributed by atoms with E-state index in [9.17, 15) is 16.8 Å². The van der Waals surface area contributed by atoms with Crippen LogP contribution in [0.25, 0.3) is 0 Å². The minimum atomic E-state index is -4.18. The molecule has 0 radical (unpaired) electrons. The second-order valence-corrected chi connectivity index (χ2v) is 4.92. The second-order valence-electron chi connectivity index (χ2n) is 2.45. The maximum atomic E-state index is 10.1. The molecule has 0 aromatic rings. The molecule has 11 heteroatoms. The Morgan fingerprint density at radius 1 is 0.800 bits per heavy atom. The Labute approximate surface area is 101 Å². The molecule has 0 saturated heterocycles. The molecule has 0 spiro atoms. The Bertz CT molecular complexity index is 315. The molecule has 0 heterocycles. The van der Waals surface area contributed by atoms with E-state index in [4.69, 9.17) is 9.11 Å². The van der Waals surface area contributed by atoms with Crippen molar-refractivity contribution in [2.24, 2.45) is 0 Å². The van der Waals surface area contributed by atoms with E-state index in [0.29, 0.717) is 12.8 Å². The zero-order valence-electron chi connectivity index (χ0n) is 7.17. The van der Waals surface area contributed by atoms with Gasteiger partial charge >= 0.3 is 39.5 Å². The first-order valence-electron chi connectivity index (χ1n) is 3.65. The summed E-state index contributed by atoms with van der Waals surface area (Å²) in [6.45, 7) is 0.0119. The van der Waals surface area contributed by atoms with Gasteiger partial charge in [0.05, 0.1) is 0 Å². The predicted molar refractivity (Wildman–Crippen MR) is 55.5 cm³/mol. The van der Waals surface area contributed by atoms with Crippen LogP contribution in [0.1, 0.15) is 12.8 Å². The van der Waals surface area contributed by atoms with Gasteiger partial charge in [-0.05, 0) is 12.8 Å². The van der Waals surface area contributed by atoms with Crippen LogP contribution in [-0.2, 0) is 20.6 Å². The molecule has 0 aromatic heterocycles. The van der Waals surface area contributed by atoms with Gasteiger partial charge in [-0.2, -0.15) is 26.3 Å². The standard InChI is InChI=1S/C4H12N2O6S2.Li.H/c7-13(8,9)5-3-1-2-4-6-14(10,11)12;;/h5-6H,1-4H2,(H,7,8,9)(H,10,11,12);;. The van der Waals surface area contributed by atoms with Crippen molar-refractivity contribution < 1.29 is 25.9 Å². The Morgan fingerprint density at radius 2 is 1.07 bits per heavy atom. The van der Waals surface area contributed by atoms with Crippen molar-refractivity contribution >= 4 is 39.5 Å². The van der Waals surface area contributed by atoms with Crippen molar-refractivity contribution in [2.75, 3.05) is 13.1 Å². The zero-order valence-corrected chi connectivity index (χ0v) is 8.81. The summed E-state index contributed by atoms with van der Waals surface area (Å²) in [6, 6.07) is 0. The zero-order chi connectivity index (χ0) is 11.2. The molecule has 0 fully saturated rings. The molecule has 0 unspecified atom stereocenters. The SMILES string of the molecule is O=S(=O)(O)NCCCCNS(=O)(=O)O.[LiH]. The summed E-state index contributed by atoms with van der Waals surface area (Å²) in [5.41, 5.74) is 0. The molecule has 0 aliphatic carbocycles. The predicted octanol–water partition coefficient (Wildman–Crippen LogP) is -2.10. The van der Waals surface area contributed by atoms with Crippen LogP contribution in [0.3, 0.4) is 0 Å². The molecule has 8 nitrogen and oxygen atoms in total. The van der Waals surface area contributed by atoms with Gasteiger partial charge in [0.15, 0.2) is 0 Å². The molecule has 0 saturated carbocycles. The molecule has 0 aromatic carbocycles. The summed E-state index contributed by atoms with van der Waals surface area (Å²) in [5.74, 6) is 0. The van der Waals surface area contributed by atoms with Crippen LogP contribution in [0.15, 0.2) is 0 Å². The first kappa shape index (κ1) is 17.7. The number of hydrogen-bond acceptors (Lipinski definition) is 4. The van der Waals surface area contributed by atoms with E-state index in [1.165, 1.54) is 0 Å². The molecular weight excluding hydrogens is 243 g/mol. The van der Waals surface area contributed by atoms with Crippen molar-refractivity contribution in [3.63, 3.8) is 0 Å². The van der Waals surface area contributed by atoms with Gasteiger partial charge in [0.1, 0.15) is 0 Å². The summed E-state index contributed by atoms with van der Waals surface area (Å²) in [6.07, 6.45) is 0.671. The van der Waals surface area contributed by atoms with Crippen LogP contribution in [0.5, 0.6) is 0 Å². The van der Waals surface area contributed by atoms with Gasteiger partial charge in [-0.1, -0.05) is 0 Å². The van der Waals surface area contributed by atoms with Crippen LogP contribution >= 0.6 is 0 Å². The molecule has 0 aliphatic heterocycles. The van der Waals surface area contributed by atoms with Crippen molar-refractivity contribution in [3.05, 3.63) is 0 Å². The molecular formula is C4H13LiN2O6S2. The third-order valence-corrected chi connectivity index (χ3v) is 2.31. The molecule has 0 atom stereocenters. The van der Waals surface area contributed by atoms with Gasteiger partial charge in [-0.3, -0.25) is 9.11 Å². The number of unbranched alkanes of at least 4 members (excludes halogenated alkanes) is 1. The molecule has 0 bridgehead atoms. The Morgan fingerprint density at radius 3 is 1.27 bits per heavy atom. The molecule has 0 amide bonds. The van der Waals surface area contributed by atoms with Gasteiger partial charge in [0.25, 0.3) is 0 Å². The van der Waals surface area contributed by atoms with Gasteiger partial charge in [0.2, 0.25) is 0 Å². The molecule has 0 rings (SSSR count). The summed E-state index contributed by atoms with van der Waals surface area (Å²) in [7, 11) is -8.36. The first-order valence-corrected chi connectivity index (χ1v) is 6.53. The topological polar surface area (TPSA) is 133 Å². The van der Waals surface area contributed by atoms with Crippen molar-refractivity contribution in [3.8, 4) is 0 Å². The van der Waals surface area contributed by atoms with E-state index in [-0.39, 0.29) is 32.0 Å². The van der Waals surface area contributed by atoms with E-state index >= 15 is 0 Å². The Hall–Kier alpha value is 0.337. The number of hydrogen-bond donors (Lipinski definition) is 4. The van der Waals surface area contributed by atoms with Crippen molar-refractivity contribution in [1.29, 1.82) is 0 Å². The van der Waals surface area contributed by atoms with Crippen molar-refractivity contribution in [1.82, 2.24) is 9.44 Å². The fraction of sp³-hybridized carbons (Fsp3) is 1.00. The normalized spacial score (nSPS) is 12.1. The first-order chi connectivity index (χ1) is 6.21. The summed E-state index contributed by atoms with van der Waals surface area (Å²) >= 11 is 0. The van der Waals surface area contributed by atoms with Crippen LogP contribution < -0.4 is 9.44 Å². The summed E-state index contributed by atoms with van der Waals surface area (Å²) < 4.78 is 60.5. The van der Waals surface area contributed by atoms with Crippen LogP contribution in [-0.4, -0.2) is 57.9 Å². The van der Waals surface area contributed by atoms with Gasteiger partial charge in [-0.15, -0.1) is 0 Å². The van der Waals surface area contributed by atoms with E-state index in [0.717, 1.165) is 0 Å². The molecule has 15 heavy (non-hydrogen) atoms. The van der Waals surface area contributed by atoms with Gasteiger partial charge in [-0.25, -0.2) is 0 Å². The van der Waals surface area contributed by atoms with Gasteiger partial charge < -0.3 is 0 Å². The molecule has 88 valence electrons. The van der Waals surface area contributed by atoms with E-state index in [1.54, 1.807) is 0 Å². The summed E-state index contributed by atoms with van der Waals surface area (Å²) in [5, 5.41) is 0. The second kappa shape index (κ2) is 7.58. The average Bonchev–Trinajstić information content (AvgIpc) is 1.92.